The first kappa shape index (κ1) is 16.6. The predicted molar refractivity (Wildman–Crippen MR) is 94.1 cm³/mol. The number of hydrogen-bond donors (Lipinski definition) is 2. The lowest BCUT2D eigenvalue weighted by atomic mass is 9.72. The molecule has 24 heavy (non-hydrogen) atoms. The molecule has 4 nitrogen and oxygen atoms in total. The zero-order valence-electron chi connectivity index (χ0n) is 12.5. The fourth-order valence-corrected chi connectivity index (χ4v) is 3.56. The normalized spacial score (nSPS) is 18.8. The molecule has 1 amide bonds. The Morgan fingerprint density at radius 3 is 2.62 bits per heavy atom. The van der Waals surface area contributed by atoms with Crippen LogP contribution in [0.5, 0.6) is 0 Å². The van der Waals surface area contributed by atoms with E-state index in [0.717, 1.165) is 0 Å². The van der Waals surface area contributed by atoms with E-state index in [2.05, 4.69) is 11.9 Å². The standard InChI is InChI=1S/C18H13Cl2NO3/c1-2-7-18(12-8-10(16(22)23)3-5-14(12)20)13-9-11(19)4-6-15(13)21-17(18)24/h2-6,8-9H,1,7H2,(H,21,24)(H,22,23). The minimum absolute atomic E-state index is 0.0566. The second-order valence-electron chi connectivity index (χ2n) is 5.54. The topological polar surface area (TPSA) is 66.4 Å². The van der Waals surface area contributed by atoms with Crippen LogP contribution in [0.4, 0.5) is 5.69 Å². The molecule has 0 saturated heterocycles. The fourth-order valence-electron chi connectivity index (χ4n) is 3.11. The average Bonchev–Trinajstić information content (AvgIpc) is 2.80. The van der Waals surface area contributed by atoms with Crippen LogP contribution in [-0.4, -0.2) is 17.0 Å². The summed E-state index contributed by atoms with van der Waals surface area (Å²) in [6, 6.07) is 9.42. The monoisotopic (exact) mass is 361 g/mol. The van der Waals surface area contributed by atoms with Gasteiger partial charge in [0.05, 0.1) is 5.56 Å². The molecule has 2 aromatic rings. The van der Waals surface area contributed by atoms with Crippen molar-refractivity contribution in [3.8, 4) is 0 Å². The Hall–Kier alpha value is -2.30. The molecule has 0 aromatic heterocycles. The van der Waals surface area contributed by atoms with Crippen LogP contribution in [0.1, 0.15) is 27.9 Å². The van der Waals surface area contributed by atoms with Crippen molar-refractivity contribution in [3.05, 3.63) is 75.8 Å². The number of carbonyl (C=O) groups excluding carboxylic acids is 1. The van der Waals surface area contributed by atoms with Gasteiger partial charge in [0.1, 0.15) is 5.41 Å². The Kier molecular flexibility index (Phi) is 4.11. The largest absolute Gasteiger partial charge is 0.478 e. The number of nitrogens with one attached hydrogen (secondary N) is 1. The Labute approximate surface area is 148 Å². The molecule has 0 aliphatic carbocycles. The molecular weight excluding hydrogens is 349 g/mol. The number of halogens is 2. The van der Waals surface area contributed by atoms with Crippen molar-refractivity contribution in [2.75, 3.05) is 5.32 Å². The van der Waals surface area contributed by atoms with Gasteiger partial charge in [0.15, 0.2) is 0 Å². The number of hydrogen-bond acceptors (Lipinski definition) is 2. The summed E-state index contributed by atoms with van der Waals surface area (Å²) < 4.78 is 0. The number of allylic oxidation sites excluding steroid dienone is 1. The van der Waals surface area contributed by atoms with Gasteiger partial charge in [-0.1, -0.05) is 29.3 Å². The molecular formula is C18H13Cl2NO3. The molecule has 1 atom stereocenters. The van der Waals surface area contributed by atoms with Gasteiger partial charge in [0.25, 0.3) is 0 Å². The van der Waals surface area contributed by atoms with E-state index in [1.165, 1.54) is 18.2 Å². The highest BCUT2D eigenvalue weighted by molar-refractivity contribution is 6.33. The number of benzene rings is 2. The number of amides is 1. The Bertz CT molecular complexity index is 879. The van der Waals surface area contributed by atoms with Gasteiger partial charge in [0, 0.05) is 15.7 Å². The average molecular weight is 362 g/mol. The van der Waals surface area contributed by atoms with E-state index in [4.69, 9.17) is 23.2 Å². The minimum atomic E-state index is -1.16. The maximum absolute atomic E-state index is 12.9. The molecule has 2 aromatic carbocycles. The lowest BCUT2D eigenvalue weighted by molar-refractivity contribution is -0.119. The number of fused-ring (bicyclic) bond motifs is 1. The van der Waals surface area contributed by atoms with Crippen LogP contribution in [0, 0.1) is 0 Å². The zero-order valence-corrected chi connectivity index (χ0v) is 14.0. The molecule has 0 saturated carbocycles. The summed E-state index contributed by atoms with van der Waals surface area (Å²) in [6.45, 7) is 3.74. The number of anilines is 1. The SMILES string of the molecule is C=CCC1(c2cc(C(=O)O)ccc2Cl)C(=O)Nc2ccc(Cl)cc21. The van der Waals surface area contributed by atoms with E-state index in [9.17, 15) is 14.7 Å². The van der Waals surface area contributed by atoms with Gasteiger partial charge in [-0.15, -0.1) is 6.58 Å². The van der Waals surface area contributed by atoms with Crippen molar-refractivity contribution in [3.63, 3.8) is 0 Å². The predicted octanol–water partition coefficient (Wildman–Crippen LogP) is 4.51. The lowest BCUT2D eigenvalue weighted by Gasteiger charge is -2.28. The van der Waals surface area contributed by atoms with Crippen molar-refractivity contribution >= 4 is 40.8 Å². The summed E-state index contributed by atoms with van der Waals surface area (Å²) in [6.07, 6.45) is 1.87. The van der Waals surface area contributed by atoms with Crippen LogP contribution in [0.2, 0.25) is 10.0 Å². The molecule has 1 heterocycles. The van der Waals surface area contributed by atoms with Gasteiger partial charge in [-0.25, -0.2) is 4.79 Å². The molecule has 0 bridgehead atoms. The third kappa shape index (κ3) is 2.39. The Morgan fingerprint density at radius 2 is 1.96 bits per heavy atom. The molecule has 1 unspecified atom stereocenters. The van der Waals surface area contributed by atoms with Crippen molar-refractivity contribution in [1.29, 1.82) is 0 Å². The molecule has 1 aliphatic rings. The number of carboxylic acid groups (broad SMARTS) is 1. The van der Waals surface area contributed by atoms with Crippen LogP contribution in [0.25, 0.3) is 0 Å². The summed E-state index contributed by atoms with van der Waals surface area (Å²) in [4.78, 5) is 24.2. The number of aromatic carboxylic acids is 1. The first-order valence-corrected chi connectivity index (χ1v) is 7.91. The number of carbonyl (C=O) groups is 2. The van der Waals surface area contributed by atoms with Crippen LogP contribution < -0.4 is 5.32 Å². The van der Waals surface area contributed by atoms with Crippen LogP contribution in [0.3, 0.4) is 0 Å². The van der Waals surface area contributed by atoms with Crippen molar-refractivity contribution < 1.29 is 14.7 Å². The summed E-state index contributed by atoms with van der Waals surface area (Å²) in [5.41, 5.74) is 0.598. The summed E-state index contributed by atoms with van der Waals surface area (Å²) >= 11 is 12.5. The number of carboxylic acids is 1. The highest BCUT2D eigenvalue weighted by Gasteiger charge is 2.48. The minimum Gasteiger partial charge on any atom is -0.478 e. The summed E-state index contributed by atoms with van der Waals surface area (Å²) in [5, 5.41) is 12.9. The first-order chi connectivity index (χ1) is 11.4. The number of rotatable bonds is 4. The van der Waals surface area contributed by atoms with Gasteiger partial charge in [-0.05, 0) is 53.9 Å². The van der Waals surface area contributed by atoms with E-state index < -0.39 is 11.4 Å². The second-order valence-corrected chi connectivity index (χ2v) is 6.39. The van der Waals surface area contributed by atoms with E-state index in [0.29, 0.717) is 26.9 Å². The molecule has 0 fully saturated rings. The van der Waals surface area contributed by atoms with Crippen molar-refractivity contribution in [2.45, 2.75) is 11.8 Å². The van der Waals surface area contributed by atoms with Gasteiger partial charge in [-0.2, -0.15) is 0 Å². The highest BCUT2D eigenvalue weighted by atomic mass is 35.5. The van der Waals surface area contributed by atoms with Crippen molar-refractivity contribution in [1.82, 2.24) is 0 Å². The fraction of sp³-hybridized carbons (Fsp3) is 0.111. The van der Waals surface area contributed by atoms with Crippen LogP contribution in [0.15, 0.2) is 49.1 Å². The van der Waals surface area contributed by atoms with Gasteiger partial charge < -0.3 is 10.4 Å². The van der Waals surface area contributed by atoms with Gasteiger partial charge in [0.2, 0.25) is 5.91 Å². The molecule has 6 heteroatoms. The maximum atomic E-state index is 12.9. The second kappa shape index (κ2) is 5.96. The third-order valence-electron chi connectivity index (χ3n) is 4.20. The van der Waals surface area contributed by atoms with E-state index in [-0.39, 0.29) is 17.9 Å². The first-order valence-electron chi connectivity index (χ1n) is 7.16. The van der Waals surface area contributed by atoms with E-state index in [1.54, 1.807) is 24.3 Å². The lowest BCUT2D eigenvalue weighted by Crippen LogP contribution is -2.35. The molecule has 1 aliphatic heterocycles. The molecule has 3 rings (SSSR count). The smallest absolute Gasteiger partial charge is 0.335 e. The molecule has 122 valence electrons. The van der Waals surface area contributed by atoms with Crippen LogP contribution >= 0.6 is 23.2 Å². The molecule has 0 spiro atoms. The summed E-state index contributed by atoms with van der Waals surface area (Å²) in [7, 11) is 0. The van der Waals surface area contributed by atoms with Crippen LogP contribution in [-0.2, 0) is 10.2 Å². The van der Waals surface area contributed by atoms with E-state index >= 15 is 0 Å². The Balaban J connectivity index is 2.34. The summed E-state index contributed by atoms with van der Waals surface area (Å²) in [5.74, 6) is -1.38. The van der Waals surface area contributed by atoms with Gasteiger partial charge in [-0.3, -0.25) is 4.79 Å². The molecule has 2 N–H and O–H groups in total. The molecule has 0 radical (unpaired) electrons. The Morgan fingerprint density at radius 1 is 1.21 bits per heavy atom. The van der Waals surface area contributed by atoms with E-state index in [1.807, 2.05) is 0 Å². The maximum Gasteiger partial charge on any atom is 0.335 e. The highest BCUT2D eigenvalue weighted by Crippen LogP contribution is 2.48. The van der Waals surface area contributed by atoms with Crippen molar-refractivity contribution in [2.24, 2.45) is 0 Å². The third-order valence-corrected chi connectivity index (χ3v) is 4.77. The quantitative estimate of drug-likeness (QED) is 0.787. The zero-order chi connectivity index (χ0) is 17.5. The van der Waals surface area contributed by atoms with Gasteiger partial charge >= 0.3 is 5.97 Å².